The zero-order valence-corrected chi connectivity index (χ0v) is 11.5. The number of nitrogens with zero attached hydrogens (tertiary/aromatic N) is 3. The van der Waals surface area contributed by atoms with E-state index in [4.69, 9.17) is 5.11 Å². The Labute approximate surface area is 117 Å². The number of anilines is 1. The molecule has 0 aromatic carbocycles. The van der Waals surface area contributed by atoms with Crippen molar-refractivity contribution in [2.75, 3.05) is 32.5 Å². The highest BCUT2D eigenvalue weighted by Gasteiger charge is 2.27. The van der Waals surface area contributed by atoms with Gasteiger partial charge in [-0.05, 0) is 18.6 Å². The summed E-state index contributed by atoms with van der Waals surface area (Å²) in [6.45, 7) is 0.901. The van der Waals surface area contributed by atoms with Crippen LogP contribution in [0.4, 0.5) is 10.6 Å². The van der Waals surface area contributed by atoms with E-state index in [-0.39, 0.29) is 11.9 Å². The first-order valence-corrected chi connectivity index (χ1v) is 6.40. The smallest absolute Gasteiger partial charge is 0.407 e. The molecule has 7 nitrogen and oxygen atoms in total. The summed E-state index contributed by atoms with van der Waals surface area (Å²) in [5.41, 5.74) is 0.492. The molecule has 0 saturated carbocycles. The summed E-state index contributed by atoms with van der Waals surface area (Å²) < 4.78 is 0. The minimum atomic E-state index is -0.917. The molecule has 2 amide bonds. The summed E-state index contributed by atoms with van der Waals surface area (Å²) in [4.78, 5) is 30.0. The molecule has 1 aromatic heterocycles. The van der Waals surface area contributed by atoms with Crippen molar-refractivity contribution in [3.05, 3.63) is 23.9 Å². The fourth-order valence-electron chi connectivity index (χ4n) is 2.18. The highest BCUT2D eigenvalue weighted by Crippen LogP contribution is 2.18. The molecule has 2 heterocycles. The Morgan fingerprint density at radius 3 is 2.85 bits per heavy atom. The zero-order valence-electron chi connectivity index (χ0n) is 11.5. The molecule has 0 bridgehead atoms. The Morgan fingerprint density at radius 2 is 2.25 bits per heavy atom. The number of hydrogen-bond acceptors (Lipinski definition) is 4. The first-order chi connectivity index (χ1) is 9.49. The fourth-order valence-corrected chi connectivity index (χ4v) is 2.18. The number of carbonyl (C=O) groups is 2. The van der Waals surface area contributed by atoms with Crippen LogP contribution in [0.5, 0.6) is 0 Å². The predicted octanol–water partition coefficient (Wildman–Crippen LogP) is 0.948. The molecule has 1 fully saturated rings. The van der Waals surface area contributed by atoms with Gasteiger partial charge in [-0.1, -0.05) is 0 Å². The third-order valence-corrected chi connectivity index (χ3v) is 3.24. The van der Waals surface area contributed by atoms with Gasteiger partial charge in [0.15, 0.2) is 0 Å². The maximum absolute atomic E-state index is 12.1. The van der Waals surface area contributed by atoms with Crippen LogP contribution in [0.2, 0.25) is 0 Å². The number of pyridine rings is 1. The van der Waals surface area contributed by atoms with E-state index >= 15 is 0 Å². The molecule has 1 aliphatic rings. The van der Waals surface area contributed by atoms with Crippen LogP contribution < -0.4 is 5.32 Å². The normalized spacial score (nSPS) is 17.9. The molecule has 2 rings (SSSR count). The second-order valence-electron chi connectivity index (χ2n) is 4.96. The molecule has 0 radical (unpaired) electrons. The van der Waals surface area contributed by atoms with E-state index in [0.717, 1.165) is 0 Å². The Hall–Kier alpha value is -2.31. The fraction of sp³-hybridized carbons (Fsp3) is 0.462. The second kappa shape index (κ2) is 5.77. The Bertz CT molecular complexity index is 518. The van der Waals surface area contributed by atoms with Crippen LogP contribution >= 0.6 is 0 Å². The van der Waals surface area contributed by atoms with Gasteiger partial charge < -0.3 is 20.2 Å². The number of amides is 2. The Morgan fingerprint density at radius 1 is 1.50 bits per heavy atom. The Balaban J connectivity index is 2.11. The number of carbonyl (C=O) groups excluding carboxylic acids is 1. The van der Waals surface area contributed by atoms with E-state index in [1.165, 1.54) is 9.80 Å². The summed E-state index contributed by atoms with van der Waals surface area (Å²) in [5.74, 6) is 0.372. The van der Waals surface area contributed by atoms with Gasteiger partial charge in [-0.25, -0.2) is 9.78 Å². The lowest BCUT2D eigenvalue weighted by atomic mass is 10.2. The van der Waals surface area contributed by atoms with Gasteiger partial charge in [-0.2, -0.15) is 0 Å². The van der Waals surface area contributed by atoms with Crippen LogP contribution in [0.25, 0.3) is 0 Å². The van der Waals surface area contributed by atoms with Gasteiger partial charge in [0.1, 0.15) is 5.82 Å². The maximum Gasteiger partial charge on any atom is 0.407 e. The molecule has 7 heteroatoms. The van der Waals surface area contributed by atoms with E-state index in [0.29, 0.717) is 30.9 Å². The molecule has 0 spiro atoms. The quantitative estimate of drug-likeness (QED) is 0.859. The summed E-state index contributed by atoms with van der Waals surface area (Å²) in [6, 6.07) is 3.40. The van der Waals surface area contributed by atoms with E-state index in [1.54, 1.807) is 32.4 Å². The van der Waals surface area contributed by atoms with Gasteiger partial charge >= 0.3 is 6.09 Å². The SMILES string of the molecule is CN(C)C(=O)c1cccnc1NC1CCN(C(=O)O)C1. The van der Waals surface area contributed by atoms with Crippen molar-refractivity contribution in [1.82, 2.24) is 14.8 Å². The van der Waals surface area contributed by atoms with Crippen molar-refractivity contribution < 1.29 is 14.7 Å². The summed E-state index contributed by atoms with van der Waals surface area (Å²) in [5, 5.41) is 12.1. The molecule has 1 atom stereocenters. The lowest BCUT2D eigenvalue weighted by molar-refractivity contribution is 0.0828. The summed E-state index contributed by atoms with van der Waals surface area (Å²) in [6.07, 6.45) is 1.40. The predicted molar refractivity (Wildman–Crippen MR) is 73.9 cm³/mol. The first-order valence-electron chi connectivity index (χ1n) is 6.40. The van der Waals surface area contributed by atoms with Crippen molar-refractivity contribution in [2.24, 2.45) is 0 Å². The average Bonchev–Trinajstić information content (AvgIpc) is 2.87. The van der Waals surface area contributed by atoms with E-state index in [2.05, 4.69) is 10.3 Å². The summed E-state index contributed by atoms with van der Waals surface area (Å²) >= 11 is 0. The van der Waals surface area contributed by atoms with Crippen molar-refractivity contribution in [3.8, 4) is 0 Å². The number of hydrogen-bond donors (Lipinski definition) is 2. The van der Waals surface area contributed by atoms with E-state index < -0.39 is 6.09 Å². The first kappa shape index (κ1) is 14.1. The molecule has 0 aliphatic carbocycles. The molecule has 1 aliphatic heterocycles. The molecule has 1 unspecified atom stereocenters. The van der Waals surface area contributed by atoms with E-state index in [1.807, 2.05) is 0 Å². The number of rotatable bonds is 3. The van der Waals surface area contributed by atoms with Crippen LogP contribution in [0.3, 0.4) is 0 Å². The van der Waals surface area contributed by atoms with Gasteiger partial charge in [0, 0.05) is 39.4 Å². The molecular weight excluding hydrogens is 260 g/mol. The zero-order chi connectivity index (χ0) is 14.7. The van der Waals surface area contributed by atoms with Crippen molar-refractivity contribution in [3.63, 3.8) is 0 Å². The maximum atomic E-state index is 12.1. The van der Waals surface area contributed by atoms with Gasteiger partial charge in [0.05, 0.1) is 5.56 Å². The molecule has 1 aromatic rings. The van der Waals surface area contributed by atoms with Crippen LogP contribution in [0.1, 0.15) is 16.8 Å². The van der Waals surface area contributed by atoms with Crippen molar-refractivity contribution in [1.29, 1.82) is 0 Å². The third kappa shape index (κ3) is 2.98. The topological polar surface area (TPSA) is 85.8 Å². The lowest BCUT2D eigenvalue weighted by Crippen LogP contribution is -2.31. The summed E-state index contributed by atoms with van der Waals surface area (Å²) in [7, 11) is 3.36. The number of aromatic nitrogens is 1. The van der Waals surface area contributed by atoms with Crippen molar-refractivity contribution >= 4 is 17.8 Å². The molecule has 20 heavy (non-hydrogen) atoms. The van der Waals surface area contributed by atoms with Gasteiger partial charge in [-0.3, -0.25) is 4.79 Å². The van der Waals surface area contributed by atoms with Crippen molar-refractivity contribution in [2.45, 2.75) is 12.5 Å². The number of nitrogens with one attached hydrogen (secondary N) is 1. The second-order valence-corrected chi connectivity index (χ2v) is 4.96. The highest BCUT2D eigenvalue weighted by molar-refractivity contribution is 5.98. The van der Waals surface area contributed by atoms with Crippen LogP contribution in [-0.2, 0) is 0 Å². The van der Waals surface area contributed by atoms with Gasteiger partial charge in [-0.15, -0.1) is 0 Å². The molecule has 2 N–H and O–H groups in total. The number of likely N-dealkylation sites (tertiary alicyclic amines) is 1. The third-order valence-electron chi connectivity index (χ3n) is 3.24. The lowest BCUT2D eigenvalue weighted by Gasteiger charge is -2.18. The average molecular weight is 278 g/mol. The van der Waals surface area contributed by atoms with Crippen LogP contribution in [0.15, 0.2) is 18.3 Å². The minimum Gasteiger partial charge on any atom is -0.465 e. The van der Waals surface area contributed by atoms with Crippen LogP contribution in [0, 0.1) is 0 Å². The minimum absolute atomic E-state index is 0.0188. The standard InChI is InChI=1S/C13H18N4O3/c1-16(2)12(18)10-4-3-6-14-11(10)15-9-5-7-17(8-9)13(19)20/h3-4,6,9H,5,7-8H2,1-2H3,(H,14,15)(H,19,20). The van der Waals surface area contributed by atoms with Gasteiger partial charge in [0.2, 0.25) is 0 Å². The highest BCUT2D eigenvalue weighted by atomic mass is 16.4. The van der Waals surface area contributed by atoms with Crippen LogP contribution in [-0.4, -0.2) is 65.1 Å². The molecule has 1 saturated heterocycles. The molecular formula is C13H18N4O3. The van der Waals surface area contributed by atoms with E-state index in [9.17, 15) is 9.59 Å². The molecule has 108 valence electrons. The Kier molecular flexibility index (Phi) is 4.07. The largest absolute Gasteiger partial charge is 0.465 e. The van der Waals surface area contributed by atoms with Gasteiger partial charge in [0.25, 0.3) is 5.91 Å². The monoisotopic (exact) mass is 278 g/mol. The number of carboxylic acid groups (broad SMARTS) is 1.